The lowest BCUT2D eigenvalue weighted by Crippen LogP contribution is -2.31. The third-order valence-electron chi connectivity index (χ3n) is 4.99. The molecule has 1 saturated carbocycles. The van der Waals surface area contributed by atoms with Crippen LogP contribution in [0.15, 0.2) is 77.4 Å². The van der Waals surface area contributed by atoms with Crippen LogP contribution >= 0.6 is 0 Å². The zero-order valence-corrected chi connectivity index (χ0v) is 17.3. The summed E-state index contributed by atoms with van der Waals surface area (Å²) in [6, 6.07) is 20.0. The molecule has 1 aliphatic carbocycles. The van der Waals surface area contributed by atoms with Crippen molar-refractivity contribution in [3.63, 3.8) is 0 Å². The largest absolute Gasteiger partial charge is 0.468 e. The van der Waals surface area contributed by atoms with E-state index >= 15 is 0 Å². The maximum atomic E-state index is 13.2. The van der Waals surface area contributed by atoms with Crippen LogP contribution in [0.4, 0.5) is 0 Å². The van der Waals surface area contributed by atoms with Gasteiger partial charge in [-0.25, -0.2) is 8.42 Å². The van der Waals surface area contributed by atoms with E-state index in [1.807, 2.05) is 18.2 Å². The van der Waals surface area contributed by atoms with Gasteiger partial charge in [0.15, 0.2) is 0 Å². The Morgan fingerprint density at radius 3 is 2.30 bits per heavy atom. The van der Waals surface area contributed by atoms with E-state index in [9.17, 15) is 13.2 Å². The second-order valence-electron chi connectivity index (χ2n) is 7.53. The molecule has 0 saturated heterocycles. The van der Waals surface area contributed by atoms with Crippen LogP contribution in [0, 0.1) is 0 Å². The Bertz CT molecular complexity index is 1070. The predicted molar refractivity (Wildman–Crippen MR) is 114 cm³/mol. The Kier molecular flexibility index (Phi) is 6.01. The van der Waals surface area contributed by atoms with Crippen LogP contribution in [-0.4, -0.2) is 24.7 Å². The average Bonchev–Trinajstić information content (AvgIpc) is 3.40. The molecule has 7 heteroatoms. The van der Waals surface area contributed by atoms with Gasteiger partial charge in [0.2, 0.25) is 10.0 Å². The molecule has 0 radical (unpaired) electrons. The van der Waals surface area contributed by atoms with E-state index in [1.165, 1.54) is 10.6 Å². The number of rotatable bonds is 9. The molecule has 1 aromatic heterocycles. The van der Waals surface area contributed by atoms with Gasteiger partial charge in [0.05, 0.1) is 18.6 Å². The van der Waals surface area contributed by atoms with Gasteiger partial charge in [-0.1, -0.05) is 42.5 Å². The molecule has 1 N–H and O–H groups in total. The van der Waals surface area contributed by atoms with Crippen LogP contribution in [-0.2, 0) is 28.9 Å². The minimum Gasteiger partial charge on any atom is -0.468 e. The van der Waals surface area contributed by atoms with Crippen molar-refractivity contribution in [1.29, 1.82) is 0 Å². The number of amides is 1. The van der Waals surface area contributed by atoms with Gasteiger partial charge >= 0.3 is 0 Å². The molecule has 4 rings (SSSR count). The highest BCUT2D eigenvalue weighted by molar-refractivity contribution is 7.88. The number of furan rings is 1. The van der Waals surface area contributed by atoms with E-state index in [-0.39, 0.29) is 24.7 Å². The van der Waals surface area contributed by atoms with Crippen molar-refractivity contribution in [3.05, 3.63) is 95.4 Å². The molecule has 1 aliphatic rings. The monoisotopic (exact) mass is 424 g/mol. The summed E-state index contributed by atoms with van der Waals surface area (Å²) < 4.78 is 33.1. The average molecular weight is 425 g/mol. The van der Waals surface area contributed by atoms with E-state index in [4.69, 9.17) is 4.42 Å². The van der Waals surface area contributed by atoms with Gasteiger partial charge < -0.3 is 9.73 Å². The lowest BCUT2D eigenvalue weighted by atomic mass is 10.1. The number of nitrogens with one attached hydrogen (secondary N) is 1. The van der Waals surface area contributed by atoms with Gasteiger partial charge in [-0.05, 0) is 48.2 Å². The lowest BCUT2D eigenvalue weighted by Gasteiger charge is -2.21. The summed E-state index contributed by atoms with van der Waals surface area (Å²) in [4.78, 5) is 12.2. The Morgan fingerprint density at radius 2 is 1.67 bits per heavy atom. The molecule has 6 nitrogen and oxygen atoms in total. The first kappa shape index (κ1) is 20.4. The van der Waals surface area contributed by atoms with Crippen molar-refractivity contribution in [2.45, 2.75) is 37.7 Å². The van der Waals surface area contributed by atoms with Gasteiger partial charge in [0.1, 0.15) is 5.76 Å². The minimum absolute atomic E-state index is 0.0869. The van der Waals surface area contributed by atoms with Crippen molar-refractivity contribution in [2.24, 2.45) is 0 Å². The lowest BCUT2D eigenvalue weighted by molar-refractivity contribution is 0.0951. The van der Waals surface area contributed by atoms with E-state index < -0.39 is 10.0 Å². The summed E-state index contributed by atoms with van der Waals surface area (Å²) in [5.41, 5.74) is 2.12. The molecule has 0 bridgehead atoms. The highest BCUT2D eigenvalue weighted by atomic mass is 32.2. The first-order valence-corrected chi connectivity index (χ1v) is 11.5. The topological polar surface area (TPSA) is 79.6 Å². The van der Waals surface area contributed by atoms with Crippen LogP contribution in [0.3, 0.4) is 0 Å². The number of carbonyl (C=O) groups excluding carboxylic acids is 1. The number of nitrogens with zero attached hydrogens (tertiary/aromatic N) is 1. The van der Waals surface area contributed by atoms with Gasteiger partial charge in [-0.15, -0.1) is 0 Å². The molecule has 156 valence electrons. The second kappa shape index (κ2) is 8.85. The van der Waals surface area contributed by atoms with E-state index in [0.29, 0.717) is 17.4 Å². The Morgan fingerprint density at radius 1 is 0.933 bits per heavy atom. The zero-order chi connectivity index (χ0) is 21.0. The Hall–Kier alpha value is -2.90. The summed E-state index contributed by atoms with van der Waals surface area (Å²) >= 11 is 0. The maximum Gasteiger partial charge on any atom is 0.251 e. The second-order valence-corrected chi connectivity index (χ2v) is 9.50. The van der Waals surface area contributed by atoms with E-state index in [2.05, 4.69) is 5.32 Å². The van der Waals surface area contributed by atoms with Crippen LogP contribution in [0.25, 0.3) is 0 Å². The summed E-state index contributed by atoms with van der Waals surface area (Å²) in [6.07, 6.45) is 3.60. The first-order valence-electron chi connectivity index (χ1n) is 9.93. The van der Waals surface area contributed by atoms with Crippen molar-refractivity contribution in [1.82, 2.24) is 9.62 Å². The van der Waals surface area contributed by atoms with Crippen molar-refractivity contribution < 1.29 is 17.6 Å². The van der Waals surface area contributed by atoms with Gasteiger partial charge in [-0.3, -0.25) is 4.79 Å². The van der Waals surface area contributed by atoms with E-state index in [0.717, 1.165) is 24.0 Å². The third-order valence-corrected chi connectivity index (χ3v) is 6.73. The van der Waals surface area contributed by atoms with Gasteiger partial charge in [-0.2, -0.15) is 4.31 Å². The molecule has 3 aromatic rings. The standard InChI is InChI=1S/C23H24N2O4S/c26-23(24-21-12-13-21)20-10-8-18(9-11-20)15-25(16-22-7-4-14-29-22)30(27,28)17-19-5-2-1-3-6-19/h1-11,14,21H,12-13,15-17H2,(H,24,26). The van der Waals surface area contributed by atoms with Crippen molar-refractivity contribution >= 4 is 15.9 Å². The number of sulfonamides is 1. The SMILES string of the molecule is O=C(NC1CC1)c1ccc(CN(Cc2ccco2)S(=O)(=O)Cc2ccccc2)cc1. The summed E-state index contributed by atoms with van der Waals surface area (Å²) in [6.45, 7) is 0.340. The molecule has 1 heterocycles. The van der Waals surface area contributed by atoms with Crippen LogP contribution in [0.5, 0.6) is 0 Å². The zero-order valence-electron chi connectivity index (χ0n) is 16.5. The van der Waals surface area contributed by atoms with Crippen LogP contribution in [0.2, 0.25) is 0 Å². The Labute approximate surface area is 176 Å². The molecule has 2 aromatic carbocycles. The Balaban J connectivity index is 1.51. The smallest absolute Gasteiger partial charge is 0.251 e. The fourth-order valence-corrected chi connectivity index (χ4v) is 4.63. The molecular weight excluding hydrogens is 400 g/mol. The molecule has 30 heavy (non-hydrogen) atoms. The third kappa shape index (κ3) is 5.37. The highest BCUT2D eigenvalue weighted by Gasteiger charge is 2.25. The number of hydrogen-bond donors (Lipinski definition) is 1. The number of hydrogen-bond acceptors (Lipinski definition) is 4. The first-order chi connectivity index (χ1) is 14.5. The minimum atomic E-state index is -3.59. The van der Waals surface area contributed by atoms with Crippen molar-refractivity contribution in [2.75, 3.05) is 0 Å². The molecule has 0 atom stereocenters. The summed E-state index contributed by atoms with van der Waals surface area (Å²) in [5.74, 6) is 0.399. The normalized spacial score (nSPS) is 14.0. The molecule has 0 aliphatic heterocycles. The fourth-order valence-electron chi connectivity index (χ4n) is 3.17. The molecular formula is C23H24N2O4S. The van der Waals surface area contributed by atoms with Crippen LogP contribution in [0.1, 0.15) is 40.1 Å². The van der Waals surface area contributed by atoms with Gasteiger partial charge in [0.25, 0.3) is 5.91 Å². The fraction of sp³-hybridized carbons (Fsp3) is 0.261. The van der Waals surface area contributed by atoms with Crippen LogP contribution < -0.4 is 5.32 Å². The van der Waals surface area contributed by atoms with Gasteiger partial charge in [0, 0.05) is 18.2 Å². The quantitative estimate of drug-likeness (QED) is 0.568. The molecule has 1 amide bonds. The summed E-state index contributed by atoms with van der Waals surface area (Å²) in [5, 5.41) is 2.95. The molecule has 0 spiro atoms. The number of carbonyl (C=O) groups is 1. The predicted octanol–water partition coefficient (Wildman–Crippen LogP) is 3.70. The van der Waals surface area contributed by atoms with E-state index in [1.54, 1.807) is 48.5 Å². The highest BCUT2D eigenvalue weighted by Crippen LogP contribution is 2.21. The maximum absolute atomic E-state index is 13.2. The number of benzene rings is 2. The summed E-state index contributed by atoms with van der Waals surface area (Å²) in [7, 11) is -3.59. The molecule has 1 fully saturated rings. The van der Waals surface area contributed by atoms with Crippen molar-refractivity contribution in [3.8, 4) is 0 Å². The molecule has 0 unspecified atom stereocenters.